The number of imidazole rings is 1. The second kappa shape index (κ2) is 12.7. The van der Waals surface area contributed by atoms with Gasteiger partial charge in [-0.1, -0.05) is 38.0 Å². The molecule has 2 N–H and O–H groups in total. The number of carbonyl (C=O) groups is 2. The highest BCUT2D eigenvalue weighted by molar-refractivity contribution is 5.85. The van der Waals surface area contributed by atoms with E-state index >= 15 is 0 Å². The highest BCUT2D eigenvalue weighted by atomic mass is 16.5. The lowest BCUT2D eigenvalue weighted by molar-refractivity contribution is -0.124. The Hall–Kier alpha value is -3.26. The molecule has 0 radical (unpaired) electrons. The SMILES string of the molecule is CCC(=O)CCCCC[C@H](NC(=O)[C@H]1CC12CCC(N(C)C)CC2)c1ncc(-c2cc3ccccc3nc2OC)[nH]1. The quantitative estimate of drug-likeness (QED) is 0.241. The largest absolute Gasteiger partial charge is 0.480 e. The van der Waals surface area contributed by atoms with Crippen molar-refractivity contribution in [3.63, 3.8) is 0 Å². The summed E-state index contributed by atoms with van der Waals surface area (Å²) < 4.78 is 5.63. The van der Waals surface area contributed by atoms with E-state index in [1.165, 1.54) is 12.8 Å². The molecule has 8 heteroatoms. The molecule has 0 saturated heterocycles. The molecule has 0 bridgehead atoms. The van der Waals surface area contributed by atoms with Gasteiger partial charge in [-0.2, -0.15) is 0 Å². The Morgan fingerprint density at radius 1 is 1.17 bits per heavy atom. The Morgan fingerprint density at radius 3 is 2.68 bits per heavy atom. The normalized spacial score (nSPS) is 22.7. The van der Waals surface area contributed by atoms with Gasteiger partial charge >= 0.3 is 0 Å². The van der Waals surface area contributed by atoms with E-state index in [-0.39, 0.29) is 23.3 Å². The van der Waals surface area contributed by atoms with Crippen LogP contribution in [0.25, 0.3) is 22.2 Å². The number of ether oxygens (including phenoxy) is 1. The second-order valence-electron chi connectivity index (χ2n) is 12.3. The van der Waals surface area contributed by atoms with Crippen LogP contribution in [-0.4, -0.2) is 58.8 Å². The number of para-hydroxylation sites is 1. The van der Waals surface area contributed by atoms with Gasteiger partial charge in [0.2, 0.25) is 11.8 Å². The summed E-state index contributed by atoms with van der Waals surface area (Å²) in [5, 5.41) is 4.40. The van der Waals surface area contributed by atoms with Crippen molar-refractivity contribution in [2.24, 2.45) is 11.3 Å². The van der Waals surface area contributed by atoms with Gasteiger partial charge in [-0.3, -0.25) is 9.59 Å². The number of nitrogens with zero attached hydrogens (tertiary/aromatic N) is 3. The molecular formula is C33H45N5O3. The van der Waals surface area contributed by atoms with E-state index in [0.29, 0.717) is 30.5 Å². The van der Waals surface area contributed by atoms with E-state index in [1.807, 2.05) is 37.4 Å². The monoisotopic (exact) mass is 559 g/mol. The number of rotatable bonds is 13. The van der Waals surface area contributed by atoms with Crippen LogP contribution < -0.4 is 10.1 Å². The predicted molar refractivity (Wildman–Crippen MR) is 162 cm³/mol. The molecule has 1 aromatic carbocycles. The number of carbonyl (C=O) groups excluding carboxylic acids is 2. The number of pyridine rings is 1. The van der Waals surface area contributed by atoms with Gasteiger partial charge in [0.25, 0.3) is 0 Å². The lowest BCUT2D eigenvalue weighted by Gasteiger charge is -2.33. The molecule has 0 aliphatic heterocycles. The smallest absolute Gasteiger partial charge is 0.224 e. The van der Waals surface area contributed by atoms with Crippen molar-refractivity contribution in [2.75, 3.05) is 21.2 Å². The van der Waals surface area contributed by atoms with E-state index in [9.17, 15) is 9.59 Å². The number of benzene rings is 1. The molecular weight excluding hydrogens is 514 g/mol. The number of Topliss-reactive ketones (excluding diaryl/α,β-unsaturated/α-hetero) is 1. The molecule has 5 rings (SSSR count). The predicted octanol–water partition coefficient (Wildman–Crippen LogP) is 6.23. The Labute approximate surface area is 243 Å². The number of aromatic nitrogens is 3. The zero-order valence-electron chi connectivity index (χ0n) is 25.0. The molecule has 0 unspecified atom stereocenters. The molecule has 2 saturated carbocycles. The lowest BCUT2D eigenvalue weighted by Crippen LogP contribution is -2.36. The van der Waals surface area contributed by atoms with Gasteiger partial charge in [0.05, 0.1) is 36.1 Å². The van der Waals surface area contributed by atoms with Crippen molar-refractivity contribution >= 4 is 22.6 Å². The zero-order chi connectivity index (χ0) is 29.0. The Balaban J connectivity index is 1.30. The van der Waals surface area contributed by atoms with Crippen LogP contribution in [0, 0.1) is 11.3 Å². The number of H-pyrrole nitrogens is 1. The molecule has 1 spiro atoms. The first-order valence-corrected chi connectivity index (χ1v) is 15.3. The maximum atomic E-state index is 13.6. The fourth-order valence-electron chi connectivity index (χ4n) is 6.64. The van der Waals surface area contributed by atoms with E-state index in [4.69, 9.17) is 9.72 Å². The van der Waals surface area contributed by atoms with Gasteiger partial charge in [-0.05, 0) is 76.6 Å². The minimum atomic E-state index is -0.215. The number of hydrogen-bond acceptors (Lipinski definition) is 6. The van der Waals surface area contributed by atoms with Crippen LogP contribution in [0.1, 0.15) is 89.4 Å². The second-order valence-corrected chi connectivity index (χ2v) is 12.3. The van der Waals surface area contributed by atoms with E-state index < -0.39 is 0 Å². The molecule has 2 atom stereocenters. The topological polar surface area (TPSA) is 100 Å². The molecule has 2 aliphatic carbocycles. The number of aromatic amines is 1. The molecule has 41 heavy (non-hydrogen) atoms. The van der Waals surface area contributed by atoms with E-state index in [2.05, 4.69) is 40.3 Å². The number of methoxy groups -OCH3 is 1. The number of nitrogens with one attached hydrogen (secondary N) is 2. The van der Waals surface area contributed by atoms with Gasteiger partial charge in [0.15, 0.2) is 0 Å². The minimum absolute atomic E-state index is 0.0921. The Bertz CT molecular complexity index is 1360. The van der Waals surface area contributed by atoms with Gasteiger partial charge in [-0.15, -0.1) is 0 Å². The molecule has 2 heterocycles. The van der Waals surface area contributed by atoms with Crippen molar-refractivity contribution in [1.82, 2.24) is 25.2 Å². The fourth-order valence-corrected chi connectivity index (χ4v) is 6.64. The van der Waals surface area contributed by atoms with Crippen LogP contribution in [-0.2, 0) is 9.59 Å². The van der Waals surface area contributed by atoms with E-state index in [0.717, 1.165) is 72.9 Å². The van der Waals surface area contributed by atoms with Gasteiger partial charge in [-0.25, -0.2) is 9.97 Å². The van der Waals surface area contributed by atoms with Gasteiger partial charge < -0.3 is 19.9 Å². The number of hydrogen-bond donors (Lipinski definition) is 2. The Kier molecular flexibility index (Phi) is 9.07. The summed E-state index contributed by atoms with van der Waals surface area (Å²) in [5.74, 6) is 1.84. The number of fused-ring (bicyclic) bond motifs is 1. The molecule has 220 valence electrons. The third kappa shape index (κ3) is 6.64. The molecule has 1 amide bonds. The highest BCUT2D eigenvalue weighted by Crippen LogP contribution is 2.61. The summed E-state index contributed by atoms with van der Waals surface area (Å²) in [6.45, 7) is 1.92. The molecule has 2 aromatic heterocycles. The van der Waals surface area contributed by atoms with Crippen LogP contribution in [0.2, 0.25) is 0 Å². The first-order chi connectivity index (χ1) is 19.8. The highest BCUT2D eigenvalue weighted by Gasteiger charge is 2.58. The summed E-state index contributed by atoms with van der Waals surface area (Å²) in [4.78, 5) is 40.6. The van der Waals surface area contributed by atoms with Gasteiger partial charge in [0.1, 0.15) is 11.6 Å². The molecule has 2 aliphatic rings. The number of ketones is 1. The summed E-state index contributed by atoms with van der Waals surface area (Å²) in [7, 11) is 5.94. The summed E-state index contributed by atoms with van der Waals surface area (Å²) in [6.07, 6.45) is 12.1. The average molecular weight is 560 g/mol. The fraction of sp³-hybridized carbons (Fsp3) is 0.576. The number of unbranched alkanes of at least 4 members (excludes halogenated alkanes) is 2. The summed E-state index contributed by atoms with van der Waals surface area (Å²) in [5.41, 5.74) is 2.71. The van der Waals surface area contributed by atoms with Crippen molar-refractivity contribution in [3.8, 4) is 17.1 Å². The van der Waals surface area contributed by atoms with Crippen LogP contribution in [0.5, 0.6) is 5.88 Å². The lowest BCUT2D eigenvalue weighted by atomic mass is 9.81. The third-order valence-electron chi connectivity index (χ3n) is 9.44. The van der Waals surface area contributed by atoms with Crippen molar-refractivity contribution in [2.45, 2.75) is 89.6 Å². The summed E-state index contributed by atoms with van der Waals surface area (Å²) in [6, 6.07) is 10.4. The van der Waals surface area contributed by atoms with Crippen molar-refractivity contribution in [1.29, 1.82) is 0 Å². The first-order valence-electron chi connectivity index (χ1n) is 15.3. The summed E-state index contributed by atoms with van der Waals surface area (Å²) >= 11 is 0. The van der Waals surface area contributed by atoms with Gasteiger partial charge in [0, 0.05) is 30.2 Å². The molecule has 2 fully saturated rings. The van der Waals surface area contributed by atoms with Crippen molar-refractivity contribution < 1.29 is 14.3 Å². The van der Waals surface area contributed by atoms with Crippen LogP contribution >= 0.6 is 0 Å². The van der Waals surface area contributed by atoms with Crippen LogP contribution in [0.15, 0.2) is 36.5 Å². The standard InChI is InChI=1S/C33H45N5O3/c1-5-24(39)12-7-6-8-14-28(36-31(40)26-20-33(26)17-15-23(16-18-33)38(2)3)30-34-21-29(35-30)25-19-22-11-9-10-13-27(22)37-32(25)41-4/h9-11,13,19,21,23,26,28H,5-8,12,14-18,20H2,1-4H3,(H,34,35)(H,36,40)/t23?,26-,28+,33?/m1/s1. The molecule has 3 aromatic rings. The molecule has 8 nitrogen and oxygen atoms in total. The maximum Gasteiger partial charge on any atom is 0.224 e. The number of amides is 1. The first kappa shape index (κ1) is 29.2. The zero-order valence-corrected chi connectivity index (χ0v) is 25.0. The van der Waals surface area contributed by atoms with Crippen LogP contribution in [0.3, 0.4) is 0 Å². The third-order valence-corrected chi connectivity index (χ3v) is 9.44. The van der Waals surface area contributed by atoms with Crippen molar-refractivity contribution in [3.05, 3.63) is 42.4 Å². The minimum Gasteiger partial charge on any atom is -0.480 e. The van der Waals surface area contributed by atoms with Crippen LogP contribution in [0.4, 0.5) is 0 Å². The Morgan fingerprint density at radius 2 is 1.95 bits per heavy atom. The average Bonchev–Trinajstić information content (AvgIpc) is 3.45. The maximum absolute atomic E-state index is 13.6. The van der Waals surface area contributed by atoms with E-state index in [1.54, 1.807) is 7.11 Å².